The summed E-state index contributed by atoms with van der Waals surface area (Å²) in [7, 11) is 0. The molecule has 0 aliphatic carbocycles. The van der Waals surface area contributed by atoms with Gasteiger partial charge in [-0.2, -0.15) is 0 Å². The first-order valence-electron chi connectivity index (χ1n) is 9.88. The number of benzene rings is 2. The Labute approximate surface area is 183 Å². The molecule has 160 valence electrons. The van der Waals surface area contributed by atoms with Gasteiger partial charge in [0.2, 0.25) is 0 Å². The van der Waals surface area contributed by atoms with E-state index in [1.54, 1.807) is 12.1 Å². The fraction of sp³-hybridized carbons (Fsp3) is 0.217. The molecule has 2 heterocycles. The van der Waals surface area contributed by atoms with Gasteiger partial charge in [0, 0.05) is 29.1 Å². The molecule has 0 unspecified atom stereocenters. The molecule has 31 heavy (non-hydrogen) atoms. The van der Waals surface area contributed by atoms with Crippen LogP contribution >= 0.6 is 11.3 Å². The van der Waals surface area contributed by atoms with Crippen molar-refractivity contribution in [3.63, 3.8) is 0 Å². The summed E-state index contributed by atoms with van der Waals surface area (Å²) in [6.45, 7) is 4.15. The van der Waals surface area contributed by atoms with Gasteiger partial charge in [0.05, 0.1) is 24.5 Å². The highest BCUT2D eigenvalue weighted by Crippen LogP contribution is 2.39. The zero-order valence-electron chi connectivity index (χ0n) is 17.0. The molecule has 1 aliphatic rings. The third kappa shape index (κ3) is 4.30. The number of hydrogen-bond acceptors (Lipinski definition) is 5. The third-order valence-electron chi connectivity index (χ3n) is 5.18. The first-order chi connectivity index (χ1) is 15.0. The van der Waals surface area contributed by atoms with Crippen LogP contribution in [-0.2, 0) is 4.74 Å². The van der Waals surface area contributed by atoms with E-state index in [1.807, 2.05) is 42.2 Å². The van der Waals surface area contributed by atoms with Gasteiger partial charge in [-0.25, -0.2) is 4.39 Å². The number of nitrogens with two attached hydrogens (primary N) is 1. The normalized spacial score (nSPS) is 13.8. The van der Waals surface area contributed by atoms with Crippen LogP contribution in [0.5, 0.6) is 0 Å². The van der Waals surface area contributed by atoms with Gasteiger partial charge >= 0.3 is 0 Å². The Balaban J connectivity index is 1.62. The van der Waals surface area contributed by atoms with Crippen LogP contribution in [0, 0.1) is 12.7 Å². The highest BCUT2D eigenvalue weighted by atomic mass is 32.1. The number of amides is 2. The van der Waals surface area contributed by atoms with Gasteiger partial charge in [0.25, 0.3) is 11.8 Å². The summed E-state index contributed by atoms with van der Waals surface area (Å²) in [6.07, 6.45) is 0. The van der Waals surface area contributed by atoms with E-state index in [9.17, 15) is 14.0 Å². The number of carbonyl (C=O) groups excluding carboxylic acids is 2. The van der Waals surface area contributed by atoms with Gasteiger partial charge < -0.3 is 20.7 Å². The van der Waals surface area contributed by atoms with E-state index < -0.39 is 17.6 Å². The smallest absolute Gasteiger partial charge is 0.256 e. The highest BCUT2D eigenvalue weighted by Gasteiger charge is 2.24. The predicted octanol–water partition coefficient (Wildman–Crippen LogP) is 4.05. The largest absolute Gasteiger partial charge is 0.378 e. The second-order valence-corrected chi connectivity index (χ2v) is 8.41. The molecule has 1 fully saturated rings. The average Bonchev–Trinajstić information content (AvgIpc) is 3.10. The summed E-state index contributed by atoms with van der Waals surface area (Å²) >= 11 is 1.27. The highest BCUT2D eigenvalue weighted by molar-refractivity contribution is 7.17. The Morgan fingerprint density at radius 1 is 1.13 bits per heavy atom. The fourth-order valence-corrected chi connectivity index (χ4v) is 4.78. The average molecular weight is 440 g/mol. The Bertz CT molecular complexity index is 1120. The minimum Gasteiger partial charge on any atom is -0.378 e. The summed E-state index contributed by atoms with van der Waals surface area (Å²) in [6, 6.07) is 13.8. The minimum atomic E-state index is -0.632. The first kappa shape index (κ1) is 21.0. The maximum Gasteiger partial charge on any atom is 0.256 e. The molecule has 8 heteroatoms. The number of halogens is 1. The molecule has 0 bridgehead atoms. The van der Waals surface area contributed by atoms with Crippen molar-refractivity contribution < 1.29 is 18.7 Å². The summed E-state index contributed by atoms with van der Waals surface area (Å²) in [5.41, 5.74) is 8.05. The van der Waals surface area contributed by atoms with Crippen LogP contribution in [0.25, 0.3) is 11.1 Å². The van der Waals surface area contributed by atoms with Crippen molar-refractivity contribution in [2.24, 2.45) is 5.73 Å². The Morgan fingerprint density at radius 2 is 1.84 bits per heavy atom. The molecule has 0 spiro atoms. The molecule has 3 aromatic rings. The lowest BCUT2D eigenvalue weighted by atomic mass is 10.0. The number of ether oxygens (including phenoxy) is 1. The van der Waals surface area contributed by atoms with E-state index in [1.165, 1.54) is 17.4 Å². The summed E-state index contributed by atoms with van der Waals surface area (Å²) < 4.78 is 20.0. The monoisotopic (exact) mass is 439 g/mol. The summed E-state index contributed by atoms with van der Waals surface area (Å²) in [5, 5.41) is 3.10. The van der Waals surface area contributed by atoms with Crippen molar-refractivity contribution in [2.75, 3.05) is 36.5 Å². The van der Waals surface area contributed by atoms with Crippen LogP contribution in [0.3, 0.4) is 0 Å². The fourth-order valence-electron chi connectivity index (χ4n) is 3.70. The standard InChI is InChI=1S/C23H22FN3O3S/c1-14-19(15-5-3-2-4-6-15)20(21(25)28)23(31-14)26-22(29)16-7-8-18(17(24)13-16)27-9-11-30-12-10-27/h2-8,13H,9-12H2,1H3,(H2,25,28)(H,26,29). The van der Waals surface area contributed by atoms with Crippen molar-refractivity contribution in [3.05, 3.63) is 70.4 Å². The van der Waals surface area contributed by atoms with Crippen LogP contribution in [0.15, 0.2) is 48.5 Å². The number of rotatable bonds is 5. The number of morpholine rings is 1. The molecule has 6 nitrogen and oxygen atoms in total. The van der Waals surface area contributed by atoms with E-state index in [-0.39, 0.29) is 11.1 Å². The number of thiophene rings is 1. The molecular weight excluding hydrogens is 417 g/mol. The van der Waals surface area contributed by atoms with E-state index in [0.717, 1.165) is 10.4 Å². The molecular formula is C23H22FN3O3S. The zero-order chi connectivity index (χ0) is 22.0. The van der Waals surface area contributed by atoms with Gasteiger partial charge in [-0.1, -0.05) is 30.3 Å². The van der Waals surface area contributed by atoms with Crippen LogP contribution in [0.4, 0.5) is 15.1 Å². The summed E-state index contributed by atoms with van der Waals surface area (Å²) in [4.78, 5) is 27.8. The zero-order valence-corrected chi connectivity index (χ0v) is 17.8. The predicted molar refractivity (Wildman–Crippen MR) is 120 cm³/mol. The maximum absolute atomic E-state index is 14.7. The van der Waals surface area contributed by atoms with Gasteiger partial charge in [0.1, 0.15) is 10.8 Å². The molecule has 4 rings (SSSR count). The van der Waals surface area contributed by atoms with E-state index >= 15 is 0 Å². The molecule has 1 saturated heterocycles. The quantitative estimate of drug-likeness (QED) is 0.628. The van der Waals surface area contributed by atoms with Crippen LogP contribution in [0.1, 0.15) is 25.6 Å². The van der Waals surface area contributed by atoms with Gasteiger partial charge in [-0.15, -0.1) is 11.3 Å². The maximum atomic E-state index is 14.7. The van der Waals surface area contributed by atoms with Crippen molar-refractivity contribution >= 4 is 33.8 Å². The van der Waals surface area contributed by atoms with Crippen LogP contribution in [0.2, 0.25) is 0 Å². The number of anilines is 2. The molecule has 0 radical (unpaired) electrons. The van der Waals surface area contributed by atoms with Crippen molar-refractivity contribution in [1.82, 2.24) is 0 Å². The molecule has 3 N–H and O–H groups in total. The number of primary amides is 1. The molecule has 0 atom stereocenters. The van der Waals surface area contributed by atoms with E-state index in [2.05, 4.69) is 5.32 Å². The molecule has 2 aromatic carbocycles. The number of nitrogens with one attached hydrogen (secondary N) is 1. The summed E-state index contributed by atoms with van der Waals surface area (Å²) in [5.74, 6) is -1.61. The lowest BCUT2D eigenvalue weighted by molar-refractivity contribution is 0.100. The second-order valence-electron chi connectivity index (χ2n) is 7.19. The number of carbonyl (C=O) groups is 2. The second kappa shape index (κ2) is 8.87. The first-order valence-corrected chi connectivity index (χ1v) is 10.7. The van der Waals surface area contributed by atoms with Crippen molar-refractivity contribution in [3.8, 4) is 11.1 Å². The Hall–Kier alpha value is -3.23. The van der Waals surface area contributed by atoms with Crippen LogP contribution < -0.4 is 16.0 Å². The minimum absolute atomic E-state index is 0.164. The number of hydrogen-bond donors (Lipinski definition) is 2. The number of nitrogens with zero attached hydrogens (tertiary/aromatic N) is 1. The molecule has 1 aromatic heterocycles. The van der Waals surface area contributed by atoms with Gasteiger partial charge in [-0.3, -0.25) is 9.59 Å². The molecule has 1 aliphatic heterocycles. The topological polar surface area (TPSA) is 84.7 Å². The third-order valence-corrected chi connectivity index (χ3v) is 6.20. The number of aryl methyl sites for hydroxylation is 1. The molecule has 0 saturated carbocycles. The SMILES string of the molecule is Cc1sc(NC(=O)c2ccc(N3CCOCC3)c(F)c2)c(C(N)=O)c1-c1ccccc1. The van der Waals surface area contributed by atoms with E-state index in [4.69, 9.17) is 10.5 Å². The molecule has 2 amide bonds. The van der Waals surface area contributed by atoms with Crippen molar-refractivity contribution in [1.29, 1.82) is 0 Å². The van der Waals surface area contributed by atoms with Gasteiger partial charge in [-0.05, 0) is 30.7 Å². The lowest BCUT2D eigenvalue weighted by Crippen LogP contribution is -2.36. The van der Waals surface area contributed by atoms with Gasteiger partial charge in [0.15, 0.2) is 0 Å². The Kier molecular flexibility index (Phi) is 6.01. The van der Waals surface area contributed by atoms with Crippen molar-refractivity contribution in [2.45, 2.75) is 6.92 Å². The lowest BCUT2D eigenvalue weighted by Gasteiger charge is -2.29. The van der Waals surface area contributed by atoms with Crippen LogP contribution in [-0.4, -0.2) is 38.1 Å². The Morgan fingerprint density at radius 3 is 2.48 bits per heavy atom. The van der Waals surface area contributed by atoms with E-state index in [0.29, 0.717) is 42.6 Å².